The highest BCUT2D eigenvalue weighted by molar-refractivity contribution is 5.98. The Labute approximate surface area is 326 Å². The van der Waals surface area contributed by atoms with Crippen molar-refractivity contribution >= 4 is 17.1 Å². The van der Waals surface area contributed by atoms with Crippen molar-refractivity contribution in [2.75, 3.05) is 4.90 Å². The van der Waals surface area contributed by atoms with E-state index in [4.69, 9.17) is 0 Å². The third-order valence-electron chi connectivity index (χ3n) is 14.0. The van der Waals surface area contributed by atoms with Crippen LogP contribution in [0.1, 0.15) is 93.2 Å². The molecule has 1 saturated carbocycles. The van der Waals surface area contributed by atoms with Gasteiger partial charge in [0.2, 0.25) is 0 Å². The molecule has 0 atom stereocenters. The maximum atomic E-state index is 2.63. The number of hydrogen-bond acceptors (Lipinski definition) is 1. The highest BCUT2D eigenvalue weighted by atomic mass is 15.1. The predicted molar refractivity (Wildman–Crippen MR) is 231 cm³/mol. The second-order valence-electron chi connectivity index (χ2n) is 17.5. The predicted octanol–water partition coefficient (Wildman–Crippen LogP) is 14.7. The molecule has 1 fully saturated rings. The molecular formula is C54H47N. The number of fused-ring (bicyclic) bond motifs is 11. The molecule has 7 aromatic rings. The summed E-state index contributed by atoms with van der Waals surface area (Å²) in [5.41, 5.74) is 23.0. The first-order chi connectivity index (χ1) is 26.8. The van der Waals surface area contributed by atoms with Crippen LogP contribution in [0.3, 0.4) is 0 Å². The third-order valence-corrected chi connectivity index (χ3v) is 14.0. The maximum Gasteiger partial charge on any atom is 0.0540 e. The molecule has 0 heterocycles. The fourth-order valence-electron chi connectivity index (χ4n) is 11.7. The van der Waals surface area contributed by atoms with Crippen LogP contribution in [-0.2, 0) is 16.2 Å². The zero-order valence-corrected chi connectivity index (χ0v) is 32.4. The lowest BCUT2D eigenvalue weighted by molar-refractivity contribution is 0.353. The monoisotopic (exact) mass is 709 g/mol. The van der Waals surface area contributed by atoms with Crippen LogP contribution in [-0.4, -0.2) is 0 Å². The van der Waals surface area contributed by atoms with Crippen LogP contribution >= 0.6 is 0 Å². The molecule has 4 aliphatic carbocycles. The van der Waals surface area contributed by atoms with Gasteiger partial charge in [-0.3, -0.25) is 0 Å². The Kier molecular flexibility index (Phi) is 6.95. The minimum atomic E-state index is -0.176. The third kappa shape index (κ3) is 4.41. The molecule has 0 N–H and O–H groups in total. The first-order valence-electron chi connectivity index (χ1n) is 20.4. The SMILES string of the molecule is CC1(C)c2ccccc2-c2cccc(-c3ccccc3N(c3ccc4c(c3)C3(CCCCC3)c3ccccc3-4)c3cccc4c3C(C)(C)c3ccccc3-4)c21. The Balaban J connectivity index is 1.19. The van der Waals surface area contributed by atoms with Crippen LogP contribution in [0.25, 0.3) is 44.5 Å². The first kappa shape index (κ1) is 32.7. The first-order valence-corrected chi connectivity index (χ1v) is 20.4. The van der Waals surface area contributed by atoms with E-state index in [1.165, 1.54) is 127 Å². The van der Waals surface area contributed by atoms with Gasteiger partial charge in [0.25, 0.3) is 0 Å². The summed E-state index contributed by atoms with van der Waals surface area (Å²) in [4.78, 5) is 2.63. The van der Waals surface area contributed by atoms with Gasteiger partial charge in [0.05, 0.1) is 11.4 Å². The average Bonchev–Trinajstić information content (AvgIpc) is 3.73. The lowest BCUT2D eigenvalue weighted by Gasteiger charge is -2.37. The van der Waals surface area contributed by atoms with E-state index in [-0.39, 0.29) is 16.2 Å². The summed E-state index contributed by atoms with van der Waals surface area (Å²) >= 11 is 0. The lowest BCUT2D eigenvalue weighted by Crippen LogP contribution is -2.28. The van der Waals surface area contributed by atoms with E-state index >= 15 is 0 Å². The molecule has 0 unspecified atom stereocenters. The molecule has 0 aromatic heterocycles. The molecule has 0 aliphatic heterocycles. The fraction of sp³-hybridized carbons (Fsp3) is 0.222. The second kappa shape index (κ2) is 11.7. The van der Waals surface area contributed by atoms with Gasteiger partial charge in [-0.05, 0) is 109 Å². The van der Waals surface area contributed by atoms with Crippen molar-refractivity contribution in [3.05, 3.63) is 185 Å². The molecule has 0 saturated heterocycles. The topological polar surface area (TPSA) is 3.24 Å². The summed E-state index contributed by atoms with van der Waals surface area (Å²) in [5, 5.41) is 0. The number of benzene rings is 7. The number of nitrogens with zero attached hydrogens (tertiary/aromatic N) is 1. The quantitative estimate of drug-likeness (QED) is 0.176. The van der Waals surface area contributed by atoms with Crippen molar-refractivity contribution in [2.24, 2.45) is 0 Å². The molecule has 55 heavy (non-hydrogen) atoms. The van der Waals surface area contributed by atoms with Crippen molar-refractivity contribution in [3.8, 4) is 44.5 Å². The van der Waals surface area contributed by atoms with Gasteiger partial charge in [-0.2, -0.15) is 0 Å². The molecule has 0 amide bonds. The van der Waals surface area contributed by atoms with Gasteiger partial charge >= 0.3 is 0 Å². The molecule has 1 heteroatoms. The van der Waals surface area contributed by atoms with Crippen molar-refractivity contribution < 1.29 is 0 Å². The van der Waals surface area contributed by atoms with E-state index in [1.807, 2.05) is 0 Å². The summed E-state index contributed by atoms with van der Waals surface area (Å²) in [6.45, 7) is 9.66. The van der Waals surface area contributed by atoms with Gasteiger partial charge in [-0.15, -0.1) is 0 Å². The minimum absolute atomic E-state index is 0.0650. The zero-order chi connectivity index (χ0) is 37.1. The molecule has 1 spiro atoms. The fourth-order valence-corrected chi connectivity index (χ4v) is 11.7. The van der Waals surface area contributed by atoms with Gasteiger partial charge in [0.15, 0.2) is 0 Å². The molecule has 0 bridgehead atoms. The second-order valence-corrected chi connectivity index (χ2v) is 17.5. The summed E-state index contributed by atoms with van der Waals surface area (Å²) in [6.07, 6.45) is 6.31. The van der Waals surface area contributed by atoms with Gasteiger partial charge in [-0.25, -0.2) is 0 Å². The number of hydrogen-bond donors (Lipinski definition) is 0. The van der Waals surface area contributed by atoms with Crippen LogP contribution in [0.4, 0.5) is 17.1 Å². The summed E-state index contributed by atoms with van der Waals surface area (Å²) in [7, 11) is 0. The maximum absolute atomic E-state index is 2.63. The van der Waals surface area contributed by atoms with E-state index in [9.17, 15) is 0 Å². The molecule has 1 nitrogen and oxygen atoms in total. The highest BCUT2D eigenvalue weighted by Crippen LogP contribution is 2.60. The molecule has 7 aromatic carbocycles. The molecule has 268 valence electrons. The standard InChI is InChI=1S/C54H47N/c1-52(2)44-25-10-6-19-37(44)41-22-16-23-43(50(41)52)40-21-9-13-28-48(40)55(49-29-17-24-42-38-20-7-11-26-45(38)53(3,4)51(42)49)35-30-31-39-36-18-8-12-27-46(36)54(47(39)34-35)32-14-5-15-33-54/h6-13,16-31,34H,5,14-15,32-33H2,1-4H3. The van der Waals surface area contributed by atoms with E-state index in [0.717, 1.165) is 0 Å². The van der Waals surface area contributed by atoms with E-state index in [0.29, 0.717) is 0 Å². The van der Waals surface area contributed by atoms with Gasteiger partial charge < -0.3 is 4.90 Å². The van der Waals surface area contributed by atoms with Crippen LogP contribution in [0.2, 0.25) is 0 Å². The lowest BCUT2D eigenvalue weighted by atomic mass is 9.68. The van der Waals surface area contributed by atoms with Crippen LogP contribution in [0.5, 0.6) is 0 Å². The molecule has 11 rings (SSSR count). The van der Waals surface area contributed by atoms with E-state index in [1.54, 1.807) is 0 Å². The Bertz CT molecular complexity index is 2700. The normalized spacial score (nSPS) is 17.2. The van der Waals surface area contributed by atoms with E-state index in [2.05, 4.69) is 184 Å². The summed E-state index contributed by atoms with van der Waals surface area (Å²) in [5.74, 6) is 0. The molecule has 0 radical (unpaired) electrons. The van der Waals surface area contributed by atoms with Gasteiger partial charge in [0.1, 0.15) is 0 Å². The van der Waals surface area contributed by atoms with Gasteiger partial charge in [-0.1, -0.05) is 174 Å². The van der Waals surface area contributed by atoms with Crippen molar-refractivity contribution in [1.29, 1.82) is 0 Å². The zero-order valence-electron chi connectivity index (χ0n) is 32.4. The Hall–Kier alpha value is -5.66. The number of para-hydroxylation sites is 1. The average molecular weight is 710 g/mol. The Morgan fingerprint density at radius 3 is 1.49 bits per heavy atom. The smallest absolute Gasteiger partial charge is 0.0540 e. The van der Waals surface area contributed by atoms with Crippen molar-refractivity contribution in [3.63, 3.8) is 0 Å². The largest absolute Gasteiger partial charge is 0.310 e. The van der Waals surface area contributed by atoms with Crippen molar-refractivity contribution in [2.45, 2.75) is 76.0 Å². The summed E-state index contributed by atoms with van der Waals surface area (Å²) < 4.78 is 0. The number of anilines is 3. The minimum Gasteiger partial charge on any atom is -0.310 e. The number of rotatable bonds is 4. The molecule has 4 aliphatic rings. The van der Waals surface area contributed by atoms with Crippen LogP contribution < -0.4 is 4.90 Å². The van der Waals surface area contributed by atoms with Crippen LogP contribution in [0, 0.1) is 0 Å². The summed E-state index contributed by atoms with van der Waals surface area (Å²) in [6, 6.07) is 58.0. The van der Waals surface area contributed by atoms with E-state index < -0.39 is 0 Å². The highest BCUT2D eigenvalue weighted by Gasteiger charge is 2.45. The molecular weight excluding hydrogens is 663 g/mol. The Morgan fingerprint density at radius 1 is 0.364 bits per heavy atom. The van der Waals surface area contributed by atoms with Crippen molar-refractivity contribution in [1.82, 2.24) is 0 Å². The Morgan fingerprint density at radius 2 is 0.818 bits per heavy atom. The van der Waals surface area contributed by atoms with Crippen LogP contribution in [0.15, 0.2) is 152 Å². The van der Waals surface area contributed by atoms with Gasteiger partial charge in [0, 0.05) is 27.5 Å².